The predicted molar refractivity (Wildman–Crippen MR) is 81.8 cm³/mol. The van der Waals surface area contributed by atoms with Crippen molar-refractivity contribution in [1.29, 1.82) is 0 Å². The van der Waals surface area contributed by atoms with Crippen molar-refractivity contribution in [3.05, 3.63) is 53.9 Å². The van der Waals surface area contributed by atoms with E-state index >= 15 is 0 Å². The Kier molecular flexibility index (Phi) is 4.53. The van der Waals surface area contributed by atoms with Gasteiger partial charge >= 0.3 is 0 Å². The lowest BCUT2D eigenvalue weighted by Crippen LogP contribution is -2.23. The molecule has 0 saturated heterocycles. The van der Waals surface area contributed by atoms with Crippen LogP contribution < -0.4 is 14.8 Å². The fourth-order valence-electron chi connectivity index (χ4n) is 2.29. The zero-order valence-electron chi connectivity index (χ0n) is 12.2. The van der Waals surface area contributed by atoms with Gasteiger partial charge < -0.3 is 14.8 Å². The van der Waals surface area contributed by atoms with Crippen LogP contribution in [0.25, 0.3) is 0 Å². The van der Waals surface area contributed by atoms with E-state index < -0.39 is 0 Å². The quantitative estimate of drug-likeness (QED) is 0.918. The molecule has 2 aromatic rings. The van der Waals surface area contributed by atoms with Gasteiger partial charge in [-0.15, -0.1) is 0 Å². The Morgan fingerprint density at radius 2 is 2.00 bits per heavy atom. The number of aromatic nitrogens is 1. The summed E-state index contributed by atoms with van der Waals surface area (Å²) in [5.74, 6) is 1.53. The molecule has 1 aliphatic heterocycles. The SMILES string of the molecule is O=C(CCc1cccnc1)NCc1ccc2c(c1)OCCO2. The second kappa shape index (κ2) is 6.93. The molecule has 0 unspecified atom stereocenters. The lowest BCUT2D eigenvalue weighted by atomic mass is 10.1. The van der Waals surface area contributed by atoms with Crippen LogP contribution in [0.2, 0.25) is 0 Å². The van der Waals surface area contributed by atoms with Crippen LogP contribution in [0, 0.1) is 0 Å². The summed E-state index contributed by atoms with van der Waals surface area (Å²) in [7, 11) is 0. The van der Waals surface area contributed by atoms with E-state index in [-0.39, 0.29) is 5.91 Å². The van der Waals surface area contributed by atoms with Crippen LogP contribution in [0.3, 0.4) is 0 Å². The highest BCUT2D eigenvalue weighted by Gasteiger charge is 2.12. The maximum absolute atomic E-state index is 11.9. The van der Waals surface area contributed by atoms with E-state index in [1.807, 2.05) is 30.3 Å². The van der Waals surface area contributed by atoms with Crippen molar-refractivity contribution in [3.8, 4) is 11.5 Å². The van der Waals surface area contributed by atoms with Gasteiger partial charge in [-0.05, 0) is 35.7 Å². The highest BCUT2D eigenvalue weighted by Crippen LogP contribution is 2.30. The van der Waals surface area contributed by atoms with Gasteiger partial charge in [0.05, 0.1) is 0 Å². The van der Waals surface area contributed by atoms with Crippen molar-refractivity contribution in [2.45, 2.75) is 19.4 Å². The number of hydrogen-bond donors (Lipinski definition) is 1. The second-order valence-corrected chi connectivity index (χ2v) is 5.12. The lowest BCUT2D eigenvalue weighted by molar-refractivity contribution is -0.121. The minimum Gasteiger partial charge on any atom is -0.486 e. The first-order chi connectivity index (χ1) is 10.8. The molecule has 0 radical (unpaired) electrons. The maximum Gasteiger partial charge on any atom is 0.220 e. The van der Waals surface area contributed by atoms with Gasteiger partial charge in [0.2, 0.25) is 5.91 Å². The van der Waals surface area contributed by atoms with Crippen LogP contribution in [0.4, 0.5) is 0 Å². The third kappa shape index (κ3) is 3.75. The van der Waals surface area contributed by atoms with Crippen molar-refractivity contribution in [3.63, 3.8) is 0 Å². The van der Waals surface area contributed by atoms with E-state index in [9.17, 15) is 4.79 Å². The zero-order chi connectivity index (χ0) is 15.2. The number of fused-ring (bicyclic) bond motifs is 1. The van der Waals surface area contributed by atoms with Gasteiger partial charge in [-0.3, -0.25) is 9.78 Å². The first-order valence-corrected chi connectivity index (χ1v) is 7.35. The standard InChI is InChI=1S/C17H18N2O3/c20-17(6-4-13-2-1-7-18-11-13)19-12-14-3-5-15-16(10-14)22-9-8-21-15/h1-3,5,7,10-11H,4,6,8-9,12H2,(H,19,20). The molecule has 0 atom stereocenters. The topological polar surface area (TPSA) is 60.5 Å². The molecular weight excluding hydrogens is 280 g/mol. The molecule has 2 heterocycles. The van der Waals surface area contributed by atoms with Crippen LogP contribution in [0.15, 0.2) is 42.7 Å². The summed E-state index contributed by atoms with van der Waals surface area (Å²) in [4.78, 5) is 15.9. The number of carbonyl (C=O) groups excluding carboxylic acids is 1. The first-order valence-electron chi connectivity index (χ1n) is 7.35. The fourth-order valence-corrected chi connectivity index (χ4v) is 2.29. The second-order valence-electron chi connectivity index (χ2n) is 5.12. The highest BCUT2D eigenvalue weighted by atomic mass is 16.6. The number of pyridine rings is 1. The Balaban J connectivity index is 1.48. The molecule has 1 amide bonds. The number of rotatable bonds is 5. The molecule has 1 N–H and O–H groups in total. The van der Waals surface area contributed by atoms with Crippen molar-refractivity contribution in [2.75, 3.05) is 13.2 Å². The van der Waals surface area contributed by atoms with Gasteiger partial charge in [0, 0.05) is 25.4 Å². The lowest BCUT2D eigenvalue weighted by Gasteiger charge is -2.19. The molecule has 22 heavy (non-hydrogen) atoms. The summed E-state index contributed by atoms with van der Waals surface area (Å²) in [5, 5.41) is 2.92. The molecule has 0 fully saturated rings. The number of aryl methyl sites for hydroxylation is 1. The van der Waals surface area contributed by atoms with Gasteiger partial charge in [-0.2, -0.15) is 0 Å². The smallest absolute Gasteiger partial charge is 0.220 e. The van der Waals surface area contributed by atoms with Crippen LogP contribution in [0.1, 0.15) is 17.5 Å². The summed E-state index contributed by atoms with van der Waals surface area (Å²) in [5.41, 5.74) is 2.07. The molecule has 1 aliphatic rings. The van der Waals surface area contributed by atoms with Crippen LogP contribution in [0.5, 0.6) is 11.5 Å². The summed E-state index contributed by atoms with van der Waals surface area (Å²) < 4.78 is 11.0. The Morgan fingerprint density at radius 1 is 1.14 bits per heavy atom. The molecule has 5 nitrogen and oxygen atoms in total. The van der Waals surface area contributed by atoms with E-state index in [0.717, 1.165) is 22.6 Å². The van der Waals surface area contributed by atoms with Gasteiger partial charge in [-0.25, -0.2) is 0 Å². The Labute approximate surface area is 129 Å². The number of carbonyl (C=O) groups is 1. The maximum atomic E-state index is 11.9. The molecule has 0 aliphatic carbocycles. The van der Waals surface area contributed by atoms with Crippen LogP contribution >= 0.6 is 0 Å². The minimum absolute atomic E-state index is 0.0266. The van der Waals surface area contributed by atoms with Gasteiger partial charge in [0.1, 0.15) is 13.2 Å². The predicted octanol–water partition coefficient (Wildman–Crippen LogP) is 2.10. The summed E-state index contributed by atoms with van der Waals surface area (Å²) in [6, 6.07) is 9.58. The Hall–Kier alpha value is -2.56. The van der Waals surface area contributed by atoms with Gasteiger partial charge in [0.15, 0.2) is 11.5 Å². The molecule has 3 rings (SSSR count). The number of nitrogens with zero attached hydrogens (tertiary/aromatic N) is 1. The summed E-state index contributed by atoms with van der Waals surface area (Å²) in [6.45, 7) is 1.63. The summed E-state index contributed by atoms with van der Waals surface area (Å²) in [6.07, 6.45) is 4.66. The van der Waals surface area contributed by atoms with Crippen molar-refractivity contribution in [2.24, 2.45) is 0 Å². The molecule has 1 aromatic heterocycles. The van der Waals surface area contributed by atoms with Crippen molar-refractivity contribution >= 4 is 5.91 Å². The van der Waals surface area contributed by atoms with E-state index in [2.05, 4.69) is 10.3 Å². The number of benzene rings is 1. The zero-order valence-corrected chi connectivity index (χ0v) is 12.2. The number of amides is 1. The van der Waals surface area contributed by atoms with E-state index in [4.69, 9.17) is 9.47 Å². The molecule has 5 heteroatoms. The number of hydrogen-bond acceptors (Lipinski definition) is 4. The van der Waals surface area contributed by atoms with Crippen molar-refractivity contribution in [1.82, 2.24) is 10.3 Å². The average molecular weight is 298 g/mol. The summed E-state index contributed by atoms with van der Waals surface area (Å²) >= 11 is 0. The Bertz CT molecular complexity index is 644. The molecule has 0 saturated carbocycles. The third-order valence-electron chi connectivity index (χ3n) is 3.46. The minimum atomic E-state index is 0.0266. The van der Waals surface area contributed by atoms with Crippen molar-refractivity contribution < 1.29 is 14.3 Å². The fraction of sp³-hybridized carbons (Fsp3) is 0.294. The third-order valence-corrected chi connectivity index (χ3v) is 3.46. The molecule has 0 bridgehead atoms. The van der Waals surface area contributed by atoms with E-state index in [1.165, 1.54) is 0 Å². The Morgan fingerprint density at radius 3 is 2.82 bits per heavy atom. The van der Waals surface area contributed by atoms with Gasteiger partial charge in [-0.1, -0.05) is 12.1 Å². The molecular formula is C17H18N2O3. The average Bonchev–Trinajstić information content (AvgIpc) is 2.59. The van der Waals surface area contributed by atoms with Crippen LogP contribution in [-0.2, 0) is 17.8 Å². The number of ether oxygens (including phenoxy) is 2. The van der Waals surface area contributed by atoms with Gasteiger partial charge in [0.25, 0.3) is 0 Å². The number of nitrogens with one attached hydrogen (secondary N) is 1. The van der Waals surface area contributed by atoms with E-state index in [1.54, 1.807) is 12.4 Å². The monoisotopic (exact) mass is 298 g/mol. The molecule has 0 spiro atoms. The van der Waals surface area contributed by atoms with Crippen LogP contribution in [-0.4, -0.2) is 24.1 Å². The largest absolute Gasteiger partial charge is 0.486 e. The first kappa shape index (κ1) is 14.4. The normalized spacial score (nSPS) is 12.7. The molecule has 1 aromatic carbocycles. The molecule has 114 valence electrons. The van der Waals surface area contributed by atoms with E-state index in [0.29, 0.717) is 32.6 Å². The highest BCUT2D eigenvalue weighted by molar-refractivity contribution is 5.76.